The van der Waals surface area contributed by atoms with Crippen molar-refractivity contribution in [2.24, 2.45) is 5.92 Å². The van der Waals surface area contributed by atoms with E-state index in [0.29, 0.717) is 30.7 Å². The summed E-state index contributed by atoms with van der Waals surface area (Å²) >= 11 is 0. The molecular formula is C22H32N2O5. The average Bonchev–Trinajstić information content (AvgIpc) is 3.48. The summed E-state index contributed by atoms with van der Waals surface area (Å²) < 4.78 is 22.4. The third-order valence-corrected chi connectivity index (χ3v) is 6.07. The number of hydrogen-bond acceptors (Lipinski definition) is 6. The molecule has 29 heavy (non-hydrogen) atoms. The molecule has 1 N–H and O–H groups in total. The number of carbonyl (C=O) groups excluding carboxylic acids is 1. The summed E-state index contributed by atoms with van der Waals surface area (Å²) in [5, 5.41) is 3.13. The van der Waals surface area contributed by atoms with E-state index in [0.717, 1.165) is 71.1 Å². The monoisotopic (exact) mass is 404 g/mol. The minimum atomic E-state index is -0.0483. The Labute approximate surface area is 172 Å². The highest BCUT2D eigenvalue weighted by atomic mass is 16.5. The van der Waals surface area contributed by atoms with Gasteiger partial charge in [0.15, 0.2) is 0 Å². The van der Waals surface area contributed by atoms with Crippen molar-refractivity contribution in [3.8, 4) is 5.75 Å². The predicted molar refractivity (Wildman–Crippen MR) is 108 cm³/mol. The summed E-state index contributed by atoms with van der Waals surface area (Å²) in [7, 11) is 0. The van der Waals surface area contributed by atoms with Crippen molar-refractivity contribution in [1.82, 2.24) is 10.2 Å². The largest absolute Gasteiger partial charge is 0.491 e. The van der Waals surface area contributed by atoms with Gasteiger partial charge in [-0.15, -0.1) is 0 Å². The molecule has 7 nitrogen and oxygen atoms in total. The number of nitrogens with one attached hydrogen (secondary N) is 1. The first-order valence-electron chi connectivity index (χ1n) is 10.8. The van der Waals surface area contributed by atoms with E-state index < -0.39 is 0 Å². The standard InChI is InChI=1S/C22H32N2O5/c25-22(17-3-5-19(6-4-17)29-16-20-2-1-10-28-20)23-14-21(18-7-11-27-15-18)24-8-12-26-13-9-24/h3-6,18,20-21H,1-2,7-16H2,(H,23,25). The number of rotatable bonds is 8. The predicted octanol–water partition coefficient (Wildman–Crippen LogP) is 1.71. The fraction of sp³-hybridized carbons (Fsp3) is 0.682. The molecule has 160 valence electrons. The van der Waals surface area contributed by atoms with Crippen LogP contribution < -0.4 is 10.1 Å². The van der Waals surface area contributed by atoms with Gasteiger partial charge in [0, 0.05) is 50.4 Å². The van der Waals surface area contributed by atoms with Gasteiger partial charge in [0.05, 0.1) is 25.9 Å². The number of amides is 1. The molecular weight excluding hydrogens is 372 g/mol. The Hall–Kier alpha value is -1.67. The number of benzene rings is 1. The quantitative estimate of drug-likeness (QED) is 0.712. The van der Waals surface area contributed by atoms with E-state index in [9.17, 15) is 4.79 Å². The van der Waals surface area contributed by atoms with Gasteiger partial charge in [0.2, 0.25) is 0 Å². The second-order valence-electron chi connectivity index (χ2n) is 8.02. The fourth-order valence-electron chi connectivity index (χ4n) is 4.33. The van der Waals surface area contributed by atoms with E-state index in [1.165, 1.54) is 0 Å². The van der Waals surface area contributed by atoms with E-state index in [-0.39, 0.29) is 12.0 Å². The van der Waals surface area contributed by atoms with E-state index in [2.05, 4.69) is 10.2 Å². The molecule has 0 bridgehead atoms. The molecule has 1 amide bonds. The first kappa shape index (κ1) is 20.6. The summed E-state index contributed by atoms with van der Waals surface area (Å²) in [4.78, 5) is 15.1. The molecule has 0 saturated carbocycles. The maximum absolute atomic E-state index is 12.7. The van der Waals surface area contributed by atoms with Crippen LogP contribution >= 0.6 is 0 Å². The van der Waals surface area contributed by atoms with E-state index in [1.54, 1.807) is 0 Å². The summed E-state index contributed by atoms with van der Waals surface area (Å²) in [5.74, 6) is 1.18. The normalized spacial score (nSPS) is 26.3. The zero-order chi connectivity index (χ0) is 19.9. The van der Waals surface area contributed by atoms with Crippen LogP contribution in [0.15, 0.2) is 24.3 Å². The molecule has 4 rings (SSSR count). The van der Waals surface area contributed by atoms with Crippen LogP contribution in [-0.2, 0) is 14.2 Å². The summed E-state index contributed by atoms with van der Waals surface area (Å²) in [6.45, 7) is 6.94. The highest BCUT2D eigenvalue weighted by Gasteiger charge is 2.31. The molecule has 3 heterocycles. The van der Waals surface area contributed by atoms with E-state index >= 15 is 0 Å². The number of morpholine rings is 1. The number of hydrogen-bond donors (Lipinski definition) is 1. The molecule has 3 aliphatic heterocycles. The Kier molecular flexibility index (Phi) is 7.38. The van der Waals surface area contributed by atoms with Crippen molar-refractivity contribution < 1.29 is 23.7 Å². The van der Waals surface area contributed by atoms with Gasteiger partial charge in [-0.1, -0.05) is 0 Å². The topological polar surface area (TPSA) is 69.3 Å². The van der Waals surface area contributed by atoms with Crippen molar-refractivity contribution >= 4 is 5.91 Å². The Morgan fingerprint density at radius 1 is 1.10 bits per heavy atom. The lowest BCUT2D eigenvalue weighted by molar-refractivity contribution is 0.00166. The van der Waals surface area contributed by atoms with Gasteiger partial charge in [0.25, 0.3) is 5.91 Å². The van der Waals surface area contributed by atoms with Gasteiger partial charge in [-0.2, -0.15) is 0 Å². The van der Waals surface area contributed by atoms with Gasteiger partial charge in [0.1, 0.15) is 12.4 Å². The molecule has 3 fully saturated rings. The van der Waals surface area contributed by atoms with Gasteiger partial charge >= 0.3 is 0 Å². The minimum absolute atomic E-state index is 0.0483. The first-order chi connectivity index (χ1) is 14.3. The van der Waals surface area contributed by atoms with Crippen LogP contribution in [0.3, 0.4) is 0 Å². The molecule has 3 atom stereocenters. The smallest absolute Gasteiger partial charge is 0.251 e. The molecule has 0 aliphatic carbocycles. The number of carbonyl (C=O) groups is 1. The lowest BCUT2D eigenvalue weighted by atomic mass is 9.96. The molecule has 7 heteroatoms. The van der Waals surface area contributed by atoms with Crippen molar-refractivity contribution in [3.63, 3.8) is 0 Å². The lowest BCUT2D eigenvalue weighted by Gasteiger charge is -2.37. The summed E-state index contributed by atoms with van der Waals surface area (Å²) in [6.07, 6.45) is 3.39. The van der Waals surface area contributed by atoms with Crippen LogP contribution in [0.2, 0.25) is 0 Å². The SMILES string of the molecule is O=C(NCC(C1CCOC1)N1CCOCC1)c1ccc(OCC2CCCO2)cc1. The van der Waals surface area contributed by atoms with Crippen LogP contribution in [0.25, 0.3) is 0 Å². The van der Waals surface area contributed by atoms with Gasteiger partial charge in [-0.3, -0.25) is 9.69 Å². The number of nitrogens with zero attached hydrogens (tertiary/aromatic N) is 1. The fourth-order valence-corrected chi connectivity index (χ4v) is 4.33. The zero-order valence-electron chi connectivity index (χ0n) is 17.0. The molecule has 3 unspecified atom stereocenters. The second-order valence-corrected chi connectivity index (χ2v) is 8.02. The third-order valence-electron chi connectivity index (χ3n) is 6.07. The van der Waals surface area contributed by atoms with Crippen LogP contribution in [0.1, 0.15) is 29.6 Å². The average molecular weight is 405 g/mol. The van der Waals surface area contributed by atoms with Gasteiger partial charge < -0.3 is 24.3 Å². The Morgan fingerprint density at radius 2 is 1.93 bits per heavy atom. The van der Waals surface area contributed by atoms with Crippen LogP contribution in [-0.4, -0.2) is 82.2 Å². The van der Waals surface area contributed by atoms with E-state index in [4.69, 9.17) is 18.9 Å². The maximum atomic E-state index is 12.7. The van der Waals surface area contributed by atoms with Gasteiger partial charge in [-0.25, -0.2) is 0 Å². The lowest BCUT2D eigenvalue weighted by Crippen LogP contribution is -2.52. The van der Waals surface area contributed by atoms with Gasteiger partial charge in [-0.05, 0) is 43.5 Å². The Balaban J connectivity index is 1.28. The molecule has 3 aliphatic rings. The van der Waals surface area contributed by atoms with E-state index in [1.807, 2.05) is 24.3 Å². The van der Waals surface area contributed by atoms with Crippen LogP contribution in [0.4, 0.5) is 0 Å². The minimum Gasteiger partial charge on any atom is -0.491 e. The van der Waals surface area contributed by atoms with Crippen molar-refractivity contribution in [1.29, 1.82) is 0 Å². The van der Waals surface area contributed by atoms with Crippen molar-refractivity contribution in [2.75, 3.05) is 59.3 Å². The molecule has 1 aromatic rings. The Morgan fingerprint density at radius 3 is 2.62 bits per heavy atom. The Bertz CT molecular complexity index is 635. The number of ether oxygens (including phenoxy) is 4. The van der Waals surface area contributed by atoms with Crippen LogP contribution in [0.5, 0.6) is 5.75 Å². The van der Waals surface area contributed by atoms with Crippen molar-refractivity contribution in [3.05, 3.63) is 29.8 Å². The molecule has 3 saturated heterocycles. The molecule has 0 aromatic heterocycles. The summed E-state index contributed by atoms with van der Waals surface area (Å²) in [6, 6.07) is 7.65. The highest BCUT2D eigenvalue weighted by molar-refractivity contribution is 5.94. The molecule has 0 radical (unpaired) electrons. The first-order valence-corrected chi connectivity index (χ1v) is 10.8. The second kappa shape index (κ2) is 10.4. The van der Waals surface area contributed by atoms with Crippen molar-refractivity contribution in [2.45, 2.75) is 31.4 Å². The summed E-state index contributed by atoms with van der Waals surface area (Å²) in [5.41, 5.74) is 0.651. The maximum Gasteiger partial charge on any atom is 0.251 e. The van der Waals surface area contributed by atoms with Crippen LogP contribution in [0, 0.1) is 5.92 Å². The third kappa shape index (κ3) is 5.69. The molecule has 1 aromatic carbocycles. The molecule has 0 spiro atoms. The highest BCUT2D eigenvalue weighted by Crippen LogP contribution is 2.22. The zero-order valence-corrected chi connectivity index (χ0v) is 17.0.